The highest BCUT2D eigenvalue weighted by Crippen LogP contribution is 2.03. The summed E-state index contributed by atoms with van der Waals surface area (Å²) in [6, 6.07) is 4.04. The maximum atomic E-state index is 5.09. The highest BCUT2D eigenvalue weighted by molar-refractivity contribution is 5.10. The van der Waals surface area contributed by atoms with Crippen molar-refractivity contribution in [3.05, 3.63) is 41.5 Å². The Labute approximate surface area is 88.9 Å². The molecule has 4 heteroatoms. The summed E-state index contributed by atoms with van der Waals surface area (Å²) in [5, 5.41) is 7.12. The van der Waals surface area contributed by atoms with Crippen molar-refractivity contribution in [1.29, 1.82) is 0 Å². The van der Waals surface area contributed by atoms with Gasteiger partial charge in [-0.2, -0.15) is 0 Å². The van der Waals surface area contributed by atoms with Crippen LogP contribution in [0.3, 0.4) is 0 Å². The molecule has 0 aliphatic carbocycles. The minimum atomic E-state index is 0.718. The Balaban J connectivity index is 1.80. The van der Waals surface area contributed by atoms with E-state index >= 15 is 0 Å². The van der Waals surface area contributed by atoms with Gasteiger partial charge < -0.3 is 14.4 Å². The molecule has 0 spiro atoms. The van der Waals surface area contributed by atoms with Crippen molar-refractivity contribution in [2.45, 2.75) is 20.0 Å². The molecule has 0 atom stereocenters. The zero-order chi connectivity index (χ0) is 10.7. The summed E-state index contributed by atoms with van der Waals surface area (Å²) in [7, 11) is 2.02. The summed E-state index contributed by atoms with van der Waals surface area (Å²) in [4.78, 5) is 0. The van der Waals surface area contributed by atoms with E-state index < -0.39 is 0 Å². The number of hydrogen-bond acceptors (Lipinski definition) is 3. The average Bonchev–Trinajstić information content (AvgIpc) is 2.76. The summed E-state index contributed by atoms with van der Waals surface area (Å²) in [6.45, 7) is 3.49. The molecule has 0 amide bonds. The highest BCUT2D eigenvalue weighted by atomic mass is 16.5. The first-order valence-electron chi connectivity index (χ1n) is 4.98. The molecule has 0 aliphatic heterocycles. The van der Waals surface area contributed by atoms with Gasteiger partial charge in [0.25, 0.3) is 0 Å². The minimum absolute atomic E-state index is 0.718. The summed E-state index contributed by atoms with van der Waals surface area (Å²) in [5.74, 6) is 0.878. The van der Waals surface area contributed by atoms with Crippen LogP contribution < -0.4 is 5.32 Å². The van der Waals surface area contributed by atoms with Crippen molar-refractivity contribution in [1.82, 2.24) is 15.0 Å². The third-order valence-corrected chi connectivity index (χ3v) is 2.20. The lowest BCUT2D eigenvalue weighted by molar-refractivity contribution is 0.369. The van der Waals surface area contributed by atoms with Gasteiger partial charge in [0.1, 0.15) is 0 Å². The largest absolute Gasteiger partial charge is 0.360 e. The lowest BCUT2D eigenvalue weighted by Gasteiger charge is -1.98. The van der Waals surface area contributed by atoms with Gasteiger partial charge in [-0.25, -0.2) is 0 Å². The van der Waals surface area contributed by atoms with Crippen LogP contribution in [0.25, 0.3) is 0 Å². The maximum absolute atomic E-state index is 5.09. The minimum Gasteiger partial charge on any atom is -0.360 e. The van der Waals surface area contributed by atoms with E-state index in [4.69, 9.17) is 4.52 Å². The third-order valence-electron chi connectivity index (χ3n) is 2.20. The molecule has 80 valence electrons. The standard InChI is InChI=1S/C11H15N3O/c1-9-5-11(15-13-9)7-12-6-10-3-4-14(2)8-10/h3-5,8,12H,6-7H2,1-2H3. The topological polar surface area (TPSA) is 43.0 Å². The van der Waals surface area contributed by atoms with Gasteiger partial charge in [0.2, 0.25) is 0 Å². The Hall–Kier alpha value is -1.55. The fourth-order valence-corrected chi connectivity index (χ4v) is 1.50. The molecular weight excluding hydrogens is 190 g/mol. The van der Waals surface area contributed by atoms with Crippen LogP contribution in [0, 0.1) is 6.92 Å². The van der Waals surface area contributed by atoms with Gasteiger partial charge in [0, 0.05) is 32.1 Å². The zero-order valence-electron chi connectivity index (χ0n) is 9.03. The van der Waals surface area contributed by atoms with Gasteiger partial charge in [-0.3, -0.25) is 0 Å². The molecule has 2 aromatic heterocycles. The SMILES string of the molecule is Cc1cc(CNCc2ccn(C)c2)on1. The summed E-state index contributed by atoms with van der Waals surface area (Å²) < 4.78 is 7.13. The fraction of sp³-hybridized carbons (Fsp3) is 0.364. The third kappa shape index (κ3) is 2.70. The van der Waals surface area contributed by atoms with Gasteiger partial charge in [0.15, 0.2) is 5.76 Å². The molecule has 2 heterocycles. The fourth-order valence-electron chi connectivity index (χ4n) is 1.50. The van der Waals surface area contributed by atoms with Crippen LogP contribution in [0.5, 0.6) is 0 Å². The monoisotopic (exact) mass is 205 g/mol. The lowest BCUT2D eigenvalue weighted by atomic mass is 10.3. The summed E-state index contributed by atoms with van der Waals surface area (Å²) >= 11 is 0. The molecule has 0 radical (unpaired) electrons. The second-order valence-electron chi connectivity index (χ2n) is 3.72. The lowest BCUT2D eigenvalue weighted by Crippen LogP contribution is -2.11. The van der Waals surface area contributed by atoms with Crippen LogP contribution in [-0.2, 0) is 20.1 Å². The normalized spacial score (nSPS) is 10.8. The predicted octanol–water partition coefficient (Wildman–Crippen LogP) is 1.61. The molecule has 15 heavy (non-hydrogen) atoms. The highest BCUT2D eigenvalue weighted by Gasteiger charge is 2.00. The number of aryl methyl sites for hydroxylation is 2. The van der Waals surface area contributed by atoms with E-state index in [2.05, 4.69) is 22.7 Å². The molecule has 0 fully saturated rings. The quantitative estimate of drug-likeness (QED) is 0.824. The van der Waals surface area contributed by atoms with E-state index in [-0.39, 0.29) is 0 Å². The summed E-state index contributed by atoms with van der Waals surface area (Å²) in [5.41, 5.74) is 2.19. The van der Waals surface area contributed by atoms with E-state index in [0.29, 0.717) is 0 Å². The first kappa shape index (κ1) is 9.98. The van der Waals surface area contributed by atoms with Crippen LogP contribution in [0.4, 0.5) is 0 Å². The molecule has 0 saturated heterocycles. The van der Waals surface area contributed by atoms with Crippen molar-refractivity contribution >= 4 is 0 Å². The number of aromatic nitrogens is 2. The van der Waals surface area contributed by atoms with Crippen molar-refractivity contribution in [3.63, 3.8) is 0 Å². The van der Waals surface area contributed by atoms with Gasteiger partial charge in [-0.15, -0.1) is 0 Å². The Morgan fingerprint density at radius 1 is 1.47 bits per heavy atom. The van der Waals surface area contributed by atoms with Crippen LogP contribution in [0.15, 0.2) is 29.0 Å². The van der Waals surface area contributed by atoms with Crippen molar-refractivity contribution in [2.24, 2.45) is 7.05 Å². The van der Waals surface area contributed by atoms with Gasteiger partial charge in [0.05, 0.1) is 12.2 Å². The molecule has 1 N–H and O–H groups in total. The molecule has 0 unspecified atom stereocenters. The smallest absolute Gasteiger partial charge is 0.150 e. The predicted molar refractivity (Wildman–Crippen MR) is 57.2 cm³/mol. The summed E-state index contributed by atoms with van der Waals surface area (Å²) in [6.07, 6.45) is 4.13. The number of rotatable bonds is 4. The van der Waals surface area contributed by atoms with E-state index in [1.165, 1.54) is 5.56 Å². The zero-order valence-corrected chi connectivity index (χ0v) is 9.03. The second kappa shape index (κ2) is 4.31. The molecule has 0 aliphatic rings. The van der Waals surface area contributed by atoms with E-state index in [9.17, 15) is 0 Å². The molecule has 0 saturated carbocycles. The Morgan fingerprint density at radius 2 is 2.33 bits per heavy atom. The Bertz CT molecular complexity index is 390. The first-order chi connectivity index (χ1) is 7.24. The van der Waals surface area contributed by atoms with E-state index in [1.54, 1.807) is 0 Å². The van der Waals surface area contributed by atoms with Crippen LogP contribution in [0.2, 0.25) is 0 Å². The molecular formula is C11H15N3O. The van der Waals surface area contributed by atoms with Gasteiger partial charge in [-0.1, -0.05) is 5.16 Å². The molecule has 0 aromatic carbocycles. The van der Waals surface area contributed by atoms with Crippen LogP contribution in [-0.4, -0.2) is 9.72 Å². The Morgan fingerprint density at radius 3 is 2.93 bits per heavy atom. The second-order valence-corrected chi connectivity index (χ2v) is 3.72. The first-order valence-corrected chi connectivity index (χ1v) is 4.98. The van der Waals surface area contributed by atoms with Crippen molar-refractivity contribution in [3.8, 4) is 0 Å². The van der Waals surface area contributed by atoms with Crippen LogP contribution >= 0.6 is 0 Å². The van der Waals surface area contributed by atoms with E-state index in [0.717, 1.165) is 24.5 Å². The maximum Gasteiger partial charge on any atom is 0.150 e. The molecule has 2 aromatic rings. The Kier molecular flexibility index (Phi) is 2.87. The molecule has 4 nitrogen and oxygen atoms in total. The molecule has 2 rings (SSSR count). The van der Waals surface area contributed by atoms with E-state index in [1.807, 2.05) is 30.8 Å². The molecule has 0 bridgehead atoms. The van der Waals surface area contributed by atoms with Crippen molar-refractivity contribution < 1.29 is 4.52 Å². The number of nitrogens with zero attached hydrogens (tertiary/aromatic N) is 2. The van der Waals surface area contributed by atoms with Crippen molar-refractivity contribution in [2.75, 3.05) is 0 Å². The number of hydrogen-bond donors (Lipinski definition) is 1. The van der Waals surface area contributed by atoms with Gasteiger partial charge in [-0.05, 0) is 18.6 Å². The van der Waals surface area contributed by atoms with Gasteiger partial charge >= 0.3 is 0 Å². The number of nitrogens with one attached hydrogen (secondary N) is 1. The average molecular weight is 205 g/mol. The van der Waals surface area contributed by atoms with Crippen LogP contribution in [0.1, 0.15) is 17.0 Å².